The molecule has 0 aromatic carbocycles. The second kappa shape index (κ2) is 26.7. The molecule has 0 spiro atoms. The van der Waals surface area contributed by atoms with Crippen molar-refractivity contribution in [2.45, 2.75) is 151 Å². The van der Waals surface area contributed by atoms with Gasteiger partial charge in [0.05, 0.1) is 0 Å². The molecule has 0 aromatic heterocycles. The SMILES string of the molecule is CCCCCCCCCCC(C[Te][Te]CC(CCCCCCCCCC)OC)OC. The number of hydrogen-bond acceptors (Lipinski definition) is 2. The molecule has 2 nitrogen and oxygen atoms in total. The van der Waals surface area contributed by atoms with E-state index in [1.54, 1.807) is 0 Å². The molecule has 2 unspecified atom stereocenters. The Kier molecular flexibility index (Phi) is 28.1. The summed E-state index contributed by atoms with van der Waals surface area (Å²) in [6, 6.07) is 0. The van der Waals surface area contributed by atoms with Gasteiger partial charge in [0.2, 0.25) is 0 Å². The van der Waals surface area contributed by atoms with Gasteiger partial charge in [-0.2, -0.15) is 0 Å². The van der Waals surface area contributed by atoms with E-state index < -0.39 is 0 Å². The van der Waals surface area contributed by atoms with Crippen molar-refractivity contribution in [2.75, 3.05) is 14.2 Å². The van der Waals surface area contributed by atoms with Crippen LogP contribution < -0.4 is 0 Å². The molecule has 0 aliphatic carbocycles. The van der Waals surface area contributed by atoms with Gasteiger partial charge in [0.1, 0.15) is 0 Å². The maximum absolute atomic E-state index is 5.79. The Morgan fingerprint density at radius 3 is 1.07 bits per heavy atom. The van der Waals surface area contributed by atoms with Crippen molar-refractivity contribution in [1.29, 1.82) is 0 Å². The van der Waals surface area contributed by atoms with Crippen LogP contribution in [0.1, 0.15) is 129 Å². The zero-order valence-corrected chi connectivity index (χ0v) is 25.6. The van der Waals surface area contributed by atoms with Crippen molar-refractivity contribution in [3.63, 3.8) is 0 Å². The molecule has 0 aliphatic rings. The monoisotopic (exact) mass is 658 g/mol. The van der Waals surface area contributed by atoms with Crippen molar-refractivity contribution >= 4 is 34.1 Å². The number of hydrogen-bond donors (Lipinski definition) is 0. The molecule has 0 bridgehead atoms. The zero-order chi connectivity index (χ0) is 22.1. The van der Waals surface area contributed by atoms with E-state index in [1.165, 1.54) is 125 Å². The van der Waals surface area contributed by atoms with E-state index in [4.69, 9.17) is 9.47 Å². The van der Waals surface area contributed by atoms with Crippen LogP contribution in [0.15, 0.2) is 0 Å². The van der Waals surface area contributed by atoms with E-state index in [2.05, 4.69) is 13.8 Å². The Morgan fingerprint density at radius 1 is 0.467 bits per heavy atom. The predicted octanol–water partition coefficient (Wildman–Crippen LogP) is 8.24. The van der Waals surface area contributed by atoms with Gasteiger partial charge >= 0.3 is 208 Å². The summed E-state index contributed by atoms with van der Waals surface area (Å²) < 4.78 is 14.4. The number of rotatable bonds is 25. The third-order valence-corrected chi connectivity index (χ3v) is 17.8. The minimum absolute atomic E-state index is 0.210. The van der Waals surface area contributed by atoms with Gasteiger partial charge in [-0.3, -0.25) is 0 Å². The molecule has 0 heterocycles. The van der Waals surface area contributed by atoms with Crippen LogP contribution in [0.4, 0.5) is 0 Å². The van der Waals surface area contributed by atoms with E-state index in [0.717, 1.165) is 0 Å². The first kappa shape index (κ1) is 31.5. The quantitative estimate of drug-likeness (QED) is 0.0730. The third kappa shape index (κ3) is 22.7. The Hall–Kier alpha value is 1.50. The van der Waals surface area contributed by atoms with Crippen LogP contribution in [-0.4, -0.2) is 60.5 Å². The summed E-state index contributed by atoms with van der Waals surface area (Å²) in [4.78, 5) is 0. The van der Waals surface area contributed by atoms with Gasteiger partial charge < -0.3 is 0 Å². The summed E-state index contributed by atoms with van der Waals surface area (Å²) in [6.07, 6.45) is 26.3. The molecule has 182 valence electrons. The first-order valence-corrected chi connectivity index (χ1v) is 23.7. The molecular weight excluding hydrogens is 599 g/mol. The third-order valence-electron chi connectivity index (χ3n) is 6.02. The normalized spacial score (nSPS) is 13.6. The van der Waals surface area contributed by atoms with Gasteiger partial charge in [0.15, 0.2) is 0 Å². The van der Waals surface area contributed by atoms with Crippen LogP contribution >= 0.6 is 0 Å². The molecule has 0 rings (SSSR count). The Bertz CT molecular complexity index is 285. The first-order chi connectivity index (χ1) is 14.8. The summed E-state index contributed by atoms with van der Waals surface area (Å²) in [5.74, 6) is 0. The zero-order valence-electron chi connectivity index (χ0n) is 20.9. The van der Waals surface area contributed by atoms with Crippen LogP contribution in [0.2, 0.25) is 8.94 Å². The van der Waals surface area contributed by atoms with Gasteiger partial charge in [-0.15, -0.1) is 0 Å². The average Bonchev–Trinajstić information content (AvgIpc) is 2.77. The second-order valence-corrected chi connectivity index (χ2v) is 21.1. The fourth-order valence-corrected chi connectivity index (χ4v) is 16.4. The molecule has 0 aromatic rings. The molecule has 0 radical (unpaired) electrons. The van der Waals surface area contributed by atoms with Crippen molar-refractivity contribution in [3.05, 3.63) is 0 Å². The van der Waals surface area contributed by atoms with Crippen LogP contribution in [0.25, 0.3) is 0 Å². The predicted molar refractivity (Wildman–Crippen MR) is 137 cm³/mol. The Balaban J connectivity index is 3.56. The van der Waals surface area contributed by atoms with E-state index in [-0.39, 0.29) is 34.1 Å². The molecular formula is C26H54O2Te2. The Morgan fingerprint density at radius 2 is 0.767 bits per heavy atom. The molecule has 0 saturated heterocycles. The van der Waals surface area contributed by atoms with Crippen molar-refractivity contribution in [1.82, 2.24) is 0 Å². The fraction of sp³-hybridized carbons (Fsp3) is 1.00. The molecule has 4 heteroatoms. The average molecular weight is 654 g/mol. The molecule has 0 amide bonds. The molecule has 30 heavy (non-hydrogen) atoms. The van der Waals surface area contributed by atoms with E-state index in [0.29, 0.717) is 12.2 Å². The summed E-state index contributed by atoms with van der Waals surface area (Å²) in [7, 11) is 3.87. The van der Waals surface area contributed by atoms with Crippen LogP contribution in [0, 0.1) is 0 Å². The minimum atomic E-state index is 0.210. The topological polar surface area (TPSA) is 18.5 Å². The van der Waals surface area contributed by atoms with Gasteiger partial charge in [-0.05, 0) is 0 Å². The van der Waals surface area contributed by atoms with E-state index >= 15 is 0 Å². The number of unbranched alkanes of at least 4 members (excludes halogenated alkanes) is 14. The van der Waals surface area contributed by atoms with Crippen molar-refractivity contribution in [2.24, 2.45) is 0 Å². The number of methoxy groups -OCH3 is 2. The molecule has 0 aliphatic heterocycles. The molecule has 0 N–H and O–H groups in total. The van der Waals surface area contributed by atoms with Gasteiger partial charge in [-0.1, -0.05) is 0 Å². The molecule has 0 saturated carbocycles. The maximum atomic E-state index is 5.79. The van der Waals surface area contributed by atoms with E-state index in [1.807, 2.05) is 14.2 Å². The summed E-state index contributed by atoms with van der Waals surface area (Å²) >= 11 is 0.419. The van der Waals surface area contributed by atoms with Crippen molar-refractivity contribution < 1.29 is 9.47 Å². The van der Waals surface area contributed by atoms with Gasteiger partial charge in [0, 0.05) is 0 Å². The van der Waals surface area contributed by atoms with Gasteiger partial charge in [-0.25, -0.2) is 0 Å². The second-order valence-electron chi connectivity index (χ2n) is 8.81. The molecule has 0 fully saturated rings. The number of ether oxygens (including phenoxy) is 2. The van der Waals surface area contributed by atoms with Crippen LogP contribution in [0.3, 0.4) is 0 Å². The van der Waals surface area contributed by atoms with Crippen LogP contribution in [0.5, 0.6) is 0 Å². The van der Waals surface area contributed by atoms with Crippen LogP contribution in [-0.2, 0) is 9.47 Å². The van der Waals surface area contributed by atoms with Gasteiger partial charge in [0.25, 0.3) is 0 Å². The summed E-state index contributed by atoms with van der Waals surface area (Å²) in [5.41, 5.74) is 0. The molecule has 2 atom stereocenters. The Labute approximate surface area is 207 Å². The van der Waals surface area contributed by atoms with Crippen molar-refractivity contribution in [3.8, 4) is 0 Å². The standard InChI is InChI=1S/C26H54O2Te2/c1-5-7-9-11-13-15-17-19-21-25(27-3)23-29-30-24-26(28-4)22-20-18-16-14-12-10-8-6-2/h25-26H,5-24H2,1-4H3. The summed E-state index contributed by atoms with van der Waals surface area (Å²) in [6.45, 7) is 4.59. The first-order valence-electron chi connectivity index (χ1n) is 13.1. The summed E-state index contributed by atoms with van der Waals surface area (Å²) in [5, 5.41) is 0. The fourth-order valence-electron chi connectivity index (χ4n) is 3.80. The van der Waals surface area contributed by atoms with E-state index in [9.17, 15) is 0 Å².